The largest absolute Gasteiger partial charge is 0.756 e. The van der Waals surface area contributed by atoms with Gasteiger partial charge in [-0.3, -0.25) is 37.9 Å². The number of aliphatic carboxylic acids is 2. The number of nitrogen functional groups attached to an aromatic ring is 1. The van der Waals surface area contributed by atoms with Crippen LogP contribution >= 0.6 is 7.82 Å². The normalized spacial score (nSPS) is 16.2. The van der Waals surface area contributed by atoms with Crippen molar-refractivity contribution in [3.63, 3.8) is 0 Å². The van der Waals surface area contributed by atoms with Crippen LogP contribution in [0.4, 0.5) is 5.82 Å². The summed E-state index contributed by atoms with van der Waals surface area (Å²) in [5.74, 6) is -4.18. The molecule has 11 aromatic rings. The summed E-state index contributed by atoms with van der Waals surface area (Å²) >= 11 is 0. The van der Waals surface area contributed by atoms with Crippen molar-refractivity contribution in [3.05, 3.63) is 98.3 Å². The maximum Gasteiger partial charge on any atom is 0.320 e. The summed E-state index contributed by atoms with van der Waals surface area (Å²) < 4.78 is 41.2. The Hall–Kier alpha value is -9.77. The van der Waals surface area contributed by atoms with Crippen molar-refractivity contribution >= 4 is 135 Å². The maximum absolute atomic E-state index is 13.4. The number of benzene rings is 9. The molecule has 1 saturated heterocycles. The SMILES string of the molecule is CCCCCCCCCCCCCCCC(=O)OCC(COP(=O)([O-])OCC[N+](C)(C)C)OC(=O)CCCCCCCCCCCCCCC.C[S+](CC[C@H](N)C(=O)O)C[C@H]1O[C@@H](n2cnc3c(N)ncnc32)[C@H](O)[C@@H]1O.Cc1cc(=O)c2c(O)c3c(O)cc(O)c4c5c(O)cc(O)c6c(O)c7c(=O)cc(C)c8c1c2c(c34)c(c65)c78.N[C@@H](Cc1ccc(O)cc1)C(=O)O. The van der Waals surface area contributed by atoms with Gasteiger partial charge in [0.15, 0.2) is 34.7 Å². The Bertz CT molecular complexity index is 5490. The number of rotatable bonds is 48. The van der Waals surface area contributed by atoms with Crippen molar-refractivity contribution in [2.45, 2.75) is 263 Å². The summed E-state index contributed by atoms with van der Waals surface area (Å²) in [6.45, 7) is 7.71. The minimum Gasteiger partial charge on any atom is -0.756 e. The van der Waals surface area contributed by atoms with Crippen molar-refractivity contribution in [2.75, 3.05) is 71.0 Å². The van der Waals surface area contributed by atoms with Gasteiger partial charge < -0.3 is 106 Å². The number of phosphoric acid groups is 1. The van der Waals surface area contributed by atoms with E-state index in [1.165, 1.54) is 170 Å². The zero-order valence-corrected chi connectivity index (χ0v) is 76.5. The van der Waals surface area contributed by atoms with E-state index in [-0.39, 0.29) is 104 Å². The number of anilines is 1. The average Bonchev–Trinajstić information content (AvgIpc) is 0.672. The van der Waals surface area contributed by atoms with Gasteiger partial charge in [0.25, 0.3) is 7.82 Å². The number of likely N-dealkylation sites (N-methyl/N-ethyl adjacent to an activating group) is 1. The number of phosphoric ester groups is 1. The second-order valence-corrected chi connectivity index (χ2v) is 38.6. The first kappa shape index (κ1) is 102. The molecule has 128 heavy (non-hydrogen) atoms. The lowest BCUT2D eigenvalue weighted by Crippen LogP contribution is -2.37. The van der Waals surface area contributed by atoms with E-state index in [4.69, 9.17) is 55.8 Å². The Morgan fingerprint density at radius 2 is 0.984 bits per heavy atom. The Morgan fingerprint density at radius 1 is 0.555 bits per heavy atom. The third-order valence-corrected chi connectivity index (χ3v) is 26.4. The number of phenolic OH excluding ortho intramolecular Hbond substituents is 7. The van der Waals surface area contributed by atoms with Crippen LogP contribution in [-0.2, 0) is 64.3 Å². The number of aryl methyl sites for hydroxylation is 2. The van der Waals surface area contributed by atoms with E-state index in [1.54, 1.807) is 26.0 Å². The molecule has 700 valence electrons. The number of unbranched alkanes of at least 4 members (excludes halogenated alkanes) is 24. The lowest BCUT2D eigenvalue weighted by Gasteiger charge is -2.28. The van der Waals surface area contributed by atoms with Crippen LogP contribution in [0, 0.1) is 13.8 Å². The van der Waals surface area contributed by atoms with Gasteiger partial charge in [0.05, 0.1) is 61.9 Å². The zero-order chi connectivity index (χ0) is 93.4. The van der Waals surface area contributed by atoms with Gasteiger partial charge in [-0.2, -0.15) is 0 Å². The molecule has 32 nitrogen and oxygen atoms in total. The highest BCUT2D eigenvalue weighted by Crippen LogP contribution is 2.60. The van der Waals surface area contributed by atoms with Crippen molar-refractivity contribution < 1.29 is 113 Å². The number of nitrogens with two attached hydrogens (primary N) is 3. The number of nitrogens with zero attached hydrogens (tertiary/aromatic N) is 5. The number of aromatic hydroxyl groups is 7. The van der Waals surface area contributed by atoms with E-state index in [0.29, 0.717) is 90.0 Å². The molecule has 0 saturated carbocycles. The van der Waals surface area contributed by atoms with Crippen molar-refractivity contribution in [1.82, 2.24) is 19.5 Å². The summed E-state index contributed by atoms with van der Waals surface area (Å²) in [5, 5.41) is 117. The van der Waals surface area contributed by atoms with Crippen LogP contribution in [0.15, 0.2) is 70.8 Å². The molecule has 1 fully saturated rings. The first-order valence-corrected chi connectivity index (χ1v) is 48.2. The predicted octanol–water partition coefficient (Wildman–Crippen LogP) is 14.1. The number of phenols is 7. The molecule has 1 aliphatic rings. The third kappa shape index (κ3) is 26.5. The third-order valence-electron chi connectivity index (χ3n) is 23.6. The van der Waals surface area contributed by atoms with Gasteiger partial charge in [0.2, 0.25) is 0 Å². The summed E-state index contributed by atoms with van der Waals surface area (Å²) in [6, 6.07) is 9.29. The summed E-state index contributed by atoms with van der Waals surface area (Å²) in [4.78, 5) is 97.4. The maximum atomic E-state index is 13.4. The van der Waals surface area contributed by atoms with E-state index in [2.05, 4.69) is 28.8 Å². The van der Waals surface area contributed by atoms with E-state index in [1.807, 2.05) is 27.4 Å². The standard InChI is InChI=1S/C40H80NO8P.C30H16O8.C15H22N6O5S.C9H11NO3/c1-6-8-10-12-14-16-18-20-22-24-26-28-30-32-39(42)46-36-38(37-48-50(44,45)47-35-34-41(3,4)5)49-40(43)33-31-29-27-25-23-21-19-17-15-13-11-9-7-2;1-7-3-9(31)19-23-15(7)16-8(2)4-10(32)20-24(16)28-26-18(12(34)6-14(36)22(26)30(20)38)17-11(33)5-13(35)21(29(19)37)25(17)27(23)28;1-27(3-2-7(16)15(24)25)4-8-10(22)11(23)14(26-8)21-6-20-9-12(17)18-5-19-13(9)21;10-8(9(12)13)5-6-1-3-7(11)4-2-6/h38H,6-37H2,1-5H3;3-6,33-38H,1-2H3;5-8,10-11,14,22-23H,2-4,16H2,1H3,(H2-,17,18,19,24,25);1-4,8,11H,5,10H2,(H,12,13)/p+1/t;;7-,8+,10+,11+,14+,27?;8-/m..00/s1. The Labute approximate surface area is 747 Å². The molecule has 9 atom stereocenters. The molecule has 12 rings (SSSR count). The van der Waals surface area contributed by atoms with Gasteiger partial charge in [0.1, 0.15) is 114 Å². The molecule has 3 heterocycles. The van der Waals surface area contributed by atoms with Crippen molar-refractivity contribution in [3.8, 4) is 40.2 Å². The zero-order valence-electron chi connectivity index (χ0n) is 74.8. The number of aromatic nitrogens is 4. The predicted molar refractivity (Wildman–Crippen MR) is 496 cm³/mol. The van der Waals surface area contributed by atoms with Gasteiger partial charge in [-0.25, -0.2) is 15.0 Å². The van der Waals surface area contributed by atoms with Crippen LogP contribution in [0.2, 0.25) is 0 Å². The number of aliphatic hydroxyl groups is 2. The van der Waals surface area contributed by atoms with Gasteiger partial charge >= 0.3 is 23.9 Å². The molecule has 0 bridgehead atoms. The Morgan fingerprint density at radius 3 is 1.44 bits per heavy atom. The highest BCUT2D eigenvalue weighted by molar-refractivity contribution is 7.96. The van der Waals surface area contributed by atoms with Crippen LogP contribution in [0.5, 0.6) is 40.2 Å². The van der Waals surface area contributed by atoms with Gasteiger partial charge in [0, 0.05) is 74.5 Å². The molecule has 0 amide bonds. The first-order chi connectivity index (χ1) is 60.9. The lowest BCUT2D eigenvalue weighted by atomic mass is 9.78. The van der Waals surface area contributed by atoms with Gasteiger partial charge in [-0.1, -0.05) is 180 Å². The minimum atomic E-state index is -4.61. The molecule has 1 aliphatic heterocycles. The smallest absolute Gasteiger partial charge is 0.320 e. The number of ether oxygens (including phenoxy) is 3. The van der Waals surface area contributed by atoms with Crippen LogP contribution in [-0.4, -0.2) is 206 Å². The number of imidazole rings is 1. The van der Waals surface area contributed by atoms with Crippen molar-refractivity contribution in [1.29, 1.82) is 0 Å². The van der Waals surface area contributed by atoms with Crippen LogP contribution in [0.3, 0.4) is 0 Å². The van der Waals surface area contributed by atoms with E-state index in [9.17, 15) is 79.1 Å². The Kier molecular flexibility index (Phi) is 38.0. The first-order valence-electron chi connectivity index (χ1n) is 44.7. The fourth-order valence-corrected chi connectivity index (χ4v) is 19.1. The number of carbonyl (C=O) groups is 4. The summed E-state index contributed by atoms with van der Waals surface area (Å²) in [7, 11) is 0.944. The molecule has 3 unspecified atom stereocenters. The fraction of sp³-hybridized carbons (Fsp3) is 0.543. The van der Waals surface area contributed by atoms with E-state index < -0.39 is 120 Å². The average molecular weight is 1820 g/mol. The molecular formula is C94H130N8O24PS+. The molecule has 2 aromatic heterocycles. The van der Waals surface area contributed by atoms with Gasteiger partial charge in [-0.15, -0.1) is 0 Å². The fourth-order valence-electron chi connectivity index (χ4n) is 16.8. The molecule has 9 aromatic carbocycles. The molecular weight excluding hydrogens is 1690 g/mol. The second kappa shape index (κ2) is 47.7. The Balaban J connectivity index is 0.000000208. The second-order valence-electron chi connectivity index (χ2n) is 34.9. The summed E-state index contributed by atoms with van der Waals surface area (Å²) in [5.41, 5.74) is 18.4. The van der Waals surface area contributed by atoms with Crippen LogP contribution < -0.4 is 33.0 Å². The van der Waals surface area contributed by atoms with Gasteiger partial charge in [-0.05, 0) is 95.7 Å². The van der Waals surface area contributed by atoms with E-state index >= 15 is 0 Å². The van der Waals surface area contributed by atoms with Crippen molar-refractivity contribution in [2.24, 2.45) is 11.5 Å². The van der Waals surface area contributed by atoms with Crippen LogP contribution in [0.25, 0.3) is 86.6 Å². The quantitative estimate of drug-likeness (QED) is 0.00320. The number of quaternary nitrogens is 1. The summed E-state index contributed by atoms with van der Waals surface area (Å²) in [6.07, 6.45) is 32.8. The highest BCUT2D eigenvalue weighted by atomic mass is 32.2. The monoisotopic (exact) mass is 1820 g/mol. The van der Waals surface area contributed by atoms with E-state index in [0.717, 1.165) is 49.8 Å². The number of fused-ring (bicyclic) bond motifs is 3. The number of hydrogen-bond donors (Lipinski definition) is 14. The minimum absolute atomic E-state index is 0.0259. The molecule has 0 aliphatic carbocycles. The topological polar surface area (TPSA) is 533 Å². The number of carboxylic acids is 2. The number of esters is 2. The number of aliphatic hydroxyl groups excluding tert-OH is 2. The number of carbonyl (C=O) groups excluding carboxylic acids is 2. The van der Waals surface area contributed by atoms with Crippen LogP contribution in [0.1, 0.15) is 223 Å². The lowest BCUT2D eigenvalue weighted by molar-refractivity contribution is -0.870. The molecule has 0 spiro atoms. The number of carboxylic acid groups (broad SMARTS) is 2. The molecule has 34 heteroatoms. The highest BCUT2D eigenvalue weighted by Gasteiger charge is 2.47. The molecule has 17 N–H and O–H groups in total. The number of hydrogen-bond acceptors (Lipinski definition) is 28. The molecule has 0 radical (unpaired) electrons.